The van der Waals surface area contributed by atoms with Crippen molar-refractivity contribution in [1.29, 1.82) is 0 Å². The summed E-state index contributed by atoms with van der Waals surface area (Å²) in [4.78, 5) is 0. The van der Waals surface area contributed by atoms with Crippen molar-refractivity contribution in [1.82, 2.24) is 0 Å². The first-order valence-electron chi connectivity index (χ1n) is 9.32. The molecule has 0 bridgehead atoms. The van der Waals surface area contributed by atoms with Crippen LogP contribution in [0, 0.1) is 0 Å². The van der Waals surface area contributed by atoms with Gasteiger partial charge in [-0.25, -0.2) is 16.7 Å². The van der Waals surface area contributed by atoms with Crippen molar-refractivity contribution >= 4 is 20.8 Å². The Morgan fingerprint density at radius 1 is 0.462 bits per heavy atom. The summed E-state index contributed by atoms with van der Waals surface area (Å²) >= 11 is 0. The van der Waals surface area contributed by atoms with Crippen LogP contribution in [0.3, 0.4) is 0 Å². The first kappa shape index (κ1) is 28.0. The summed E-state index contributed by atoms with van der Waals surface area (Å²) in [6, 6.07) is 0. The van der Waals surface area contributed by atoms with Gasteiger partial charge in [-0.2, -0.15) is 16.8 Å². The molecule has 0 aromatic carbocycles. The molecule has 8 nitrogen and oxygen atoms in total. The van der Waals surface area contributed by atoms with E-state index in [0.717, 1.165) is 51.4 Å². The summed E-state index contributed by atoms with van der Waals surface area (Å²) in [5, 5.41) is 0. The van der Waals surface area contributed by atoms with Gasteiger partial charge in [0.1, 0.15) is 0 Å². The highest BCUT2D eigenvalue weighted by molar-refractivity contribution is 7.82. The molecule has 0 heterocycles. The number of unbranched alkanes of at least 4 members (excludes halogenated alkanes) is 4. The van der Waals surface area contributed by atoms with Gasteiger partial charge >= 0.3 is 20.8 Å². The second-order valence-corrected chi connectivity index (χ2v) is 8.09. The van der Waals surface area contributed by atoms with E-state index in [0.29, 0.717) is 0 Å². The predicted octanol–water partition coefficient (Wildman–Crippen LogP) is 3.73. The minimum Gasteiger partial charge on any atom is -0.248 e. The second-order valence-electron chi connectivity index (χ2n) is 5.52. The molecule has 10 heteroatoms. The third-order valence-electron chi connectivity index (χ3n) is 2.90. The first-order valence-corrected chi connectivity index (χ1v) is 12.0. The fraction of sp³-hybridized carbons (Fsp3) is 1.00. The van der Waals surface area contributed by atoms with Crippen LogP contribution in [-0.2, 0) is 37.5 Å². The van der Waals surface area contributed by atoms with Gasteiger partial charge in [-0.15, -0.1) is 0 Å². The summed E-state index contributed by atoms with van der Waals surface area (Å²) in [6.07, 6.45) is 6.56. The second kappa shape index (κ2) is 18.1. The fourth-order valence-corrected chi connectivity index (χ4v) is 2.71. The molecule has 0 aliphatic carbocycles. The Hall–Kier alpha value is -0.260. The molecule has 0 fully saturated rings. The van der Waals surface area contributed by atoms with E-state index in [4.69, 9.17) is 0 Å². The number of hydrogen-bond donors (Lipinski definition) is 0. The lowest BCUT2D eigenvalue weighted by atomic mass is 10.4. The summed E-state index contributed by atoms with van der Waals surface area (Å²) in [5.74, 6) is 0. The molecule has 0 unspecified atom stereocenters. The average molecular weight is 421 g/mol. The smallest absolute Gasteiger partial charge is 0.248 e. The van der Waals surface area contributed by atoms with Crippen LogP contribution in [0.2, 0.25) is 0 Å². The van der Waals surface area contributed by atoms with Gasteiger partial charge in [0.2, 0.25) is 0 Å². The van der Waals surface area contributed by atoms with E-state index in [1.165, 1.54) is 0 Å². The number of rotatable bonds is 16. The minimum atomic E-state index is -3.73. The number of hydrogen-bond acceptors (Lipinski definition) is 8. The summed E-state index contributed by atoms with van der Waals surface area (Å²) in [6.45, 7) is 8.72. The third kappa shape index (κ3) is 21.8. The van der Waals surface area contributed by atoms with E-state index in [1.807, 2.05) is 27.7 Å². The SMILES string of the molecule is CCCCOS(=O)(=O)OCCCC.CCCCOS(=O)(=O)OCCCC. The van der Waals surface area contributed by atoms with Gasteiger partial charge in [-0.3, -0.25) is 0 Å². The van der Waals surface area contributed by atoms with Crippen LogP contribution in [-0.4, -0.2) is 43.3 Å². The van der Waals surface area contributed by atoms with Crippen molar-refractivity contribution < 1.29 is 33.6 Å². The van der Waals surface area contributed by atoms with Crippen LogP contribution in [0.25, 0.3) is 0 Å². The maximum absolute atomic E-state index is 10.9. The Morgan fingerprint density at radius 2 is 0.654 bits per heavy atom. The van der Waals surface area contributed by atoms with E-state index in [1.54, 1.807) is 0 Å². The van der Waals surface area contributed by atoms with Gasteiger partial charge in [0.25, 0.3) is 0 Å². The average Bonchev–Trinajstić information content (AvgIpc) is 2.56. The zero-order valence-corrected chi connectivity index (χ0v) is 18.2. The maximum Gasteiger partial charge on any atom is 0.399 e. The van der Waals surface area contributed by atoms with Crippen LogP contribution in [0.4, 0.5) is 0 Å². The molecule has 0 aliphatic rings. The van der Waals surface area contributed by atoms with Gasteiger partial charge in [0.05, 0.1) is 26.4 Å². The molecule has 0 atom stereocenters. The van der Waals surface area contributed by atoms with Gasteiger partial charge in [0, 0.05) is 0 Å². The predicted molar refractivity (Wildman–Crippen MR) is 101 cm³/mol. The van der Waals surface area contributed by atoms with Crippen LogP contribution < -0.4 is 0 Å². The zero-order valence-electron chi connectivity index (χ0n) is 16.6. The lowest BCUT2D eigenvalue weighted by molar-refractivity contribution is 0.209. The highest BCUT2D eigenvalue weighted by Gasteiger charge is 2.10. The van der Waals surface area contributed by atoms with Crippen molar-refractivity contribution in [2.24, 2.45) is 0 Å². The van der Waals surface area contributed by atoms with Crippen molar-refractivity contribution in [2.75, 3.05) is 26.4 Å². The van der Waals surface area contributed by atoms with Gasteiger partial charge in [-0.05, 0) is 25.7 Å². The molecule has 0 aromatic rings. The van der Waals surface area contributed by atoms with Crippen LogP contribution in [0.5, 0.6) is 0 Å². The molecule has 0 saturated heterocycles. The van der Waals surface area contributed by atoms with Crippen molar-refractivity contribution in [3.8, 4) is 0 Å². The van der Waals surface area contributed by atoms with Crippen molar-refractivity contribution in [3.63, 3.8) is 0 Å². The highest BCUT2D eigenvalue weighted by Crippen LogP contribution is 2.01. The van der Waals surface area contributed by atoms with Crippen LogP contribution in [0.15, 0.2) is 0 Å². The van der Waals surface area contributed by atoms with Gasteiger partial charge in [0.15, 0.2) is 0 Å². The summed E-state index contributed by atoms with van der Waals surface area (Å²) < 4.78 is 62.0. The normalized spacial score (nSPS) is 11.8. The standard InChI is InChI=1S/2C8H18O4S/c2*1-3-5-7-11-13(9,10)12-8-6-4-2/h2*3-8H2,1-2H3. The molecule has 0 aliphatic heterocycles. The van der Waals surface area contributed by atoms with Crippen molar-refractivity contribution in [2.45, 2.75) is 79.1 Å². The molecule has 0 radical (unpaired) electrons. The monoisotopic (exact) mass is 420 g/mol. The molecule has 0 saturated carbocycles. The van der Waals surface area contributed by atoms with Crippen LogP contribution >= 0.6 is 0 Å². The van der Waals surface area contributed by atoms with E-state index < -0.39 is 20.8 Å². The van der Waals surface area contributed by atoms with Crippen molar-refractivity contribution in [3.05, 3.63) is 0 Å². The van der Waals surface area contributed by atoms with Gasteiger partial charge < -0.3 is 0 Å². The van der Waals surface area contributed by atoms with E-state index in [2.05, 4.69) is 16.7 Å². The molecule has 0 amide bonds. The Labute approximate surface area is 160 Å². The van der Waals surface area contributed by atoms with Crippen LogP contribution in [0.1, 0.15) is 79.1 Å². The lowest BCUT2D eigenvalue weighted by Crippen LogP contribution is -2.11. The highest BCUT2D eigenvalue weighted by atomic mass is 32.3. The molecule has 0 N–H and O–H groups in total. The molecule has 0 spiro atoms. The molecule has 0 aromatic heterocycles. The Kier molecular flexibility index (Phi) is 19.5. The van der Waals surface area contributed by atoms with E-state index in [-0.39, 0.29) is 26.4 Å². The molecule has 0 rings (SSSR count). The van der Waals surface area contributed by atoms with Gasteiger partial charge in [-0.1, -0.05) is 53.4 Å². The summed E-state index contributed by atoms with van der Waals surface area (Å²) in [5.41, 5.74) is 0. The van der Waals surface area contributed by atoms with E-state index in [9.17, 15) is 16.8 Å². The first-order chi connectivity index (χ1) is 12.2. The molecule has 160 valence electrons. The summed E-state index contributed by atoms with van der Waals surface area (Å²) in [7, 11) is -7.45. The maximum atomic E-state index is 10.9. The molecule has 26 heavy (non-hydrogen) atoms. The molecular formula is C16H36O8S2. The molecular weight excluding hydrogens is 384 g/mol. The zero-order chi connectivity index (χ0) is 20.3. The fourth-order valence-electron chi connectivity index (χ4n) is 1.29. The Bertz CT molecular complexity index is 410. The van der Waals surface area contributed by atoms with E-state index >= 15 is 0 Å². The Morgan fingerprint density at radius 3 is 0.808 bits per heavy atom. The quantitative estimate of drug-likeness (QED) is 0.348. The third-order valence-corrected chi connectivity index (χ3v) is 4.72. The Balaban J connectivity index is 0. The minimum absolute atomic E-state index is 0.213. The topological polar surface area (TPSA) is 105 Å². The lowest BCUT2D eigenvalue weighted by Gasteiger charge is -2.04. The largest absolute Gasteiger partial charge is 0.399 e.